The summed E-state index contributed by atoms with van der Waals surface area (Å²) in [4.78, 5) is 27.2. The van der Waals surface area contributed by atoms with Crippen molar-refractivity contribution in [2.24, 2.45) is 0 Å². The molecule has 1 aromatic heterocycles. The van der Waals surface area contributed by atoms with Gasteiger partial charge in [-0.1, -0.05) is 0 Å². The molecule has 0 unspecified atom stereocenters. The van der Waals surface area contributed by atoms with Gasteiger partial charge in [0.1, 0.15) is 5.69 Å². The van der Waals surface area contributed by atoms with E-state index in [1.54, 1.807) is 0 Å². The van der Waals surface area contributed by atoms with Gasteiger partial charge in [-0.3, -0.25) is 9.59 Å². The van der Waals surface area contributed by atoms with Crippen LogP contribution in [0, 0.1) is 6.92 Å². The highest BCUT2D eigenvalue weighted by Gasteiger charge is 2.25. The van der Waals surface area contributed by atoms with Crippen molar-refractivity contribution in [3.8, 4) is 0 Å². The van der Waals surface area contributed by atoms with Crippen LogP contribution >= 0.6 is 0 Å². The minimum Gasteiger partial charge on any atom is -0.382 e. The van der Waals surface area contributed by atoms with Gasteiger partial charge >= 0.3 is 0 Å². The van der Waals surface area contributed by atoms with Gasteiger partial charge in [0.05, 0.1) is 0 Å². The average Bonchev–Trinajstić information content (AvgIpc) is 2.77. The van der Waals surface area contributed by atoms with Crippen LogP contribution in [-0.2, 0) is 11.2 Å². The number of ether oxygens (including phenoxy) is 1. The second-order valence-electron chi connectivity index (χ2n) is 5.06. The summed E-state index contributed by atoms with van der Waals surface area (Å²) in [5.74, 6) is 0.0107. The zero-order chi connectivity index (χ0) is 14.5. The van der Waals surface area contributed by atoms with Crippen molar-refractivity contribution >= 4 is 11.7 Å². The molecule has 0 saturated carbocycles. The number of carbonyl (C=O) groups excluding carboxylic acids is 2. The summed E-state index contributed by atoms with van der Waals surface area (Å²) in [6, 6.07) is 0. The molecule has 5 heteroatoms. The van der Waals surface area contributed by atoms with Crippen LogP contribution in [0.1, 0.15) is 58.3 Å². The van der Waals surface area contributed by atoms with Gasteiger partial charge in [-0.05, 0) is 38.7 Å². The van der Waals surface area contributed by atoms with Gasteiger partial charge in [-0.25, -0.2) is 0 Å². The zero-order valence-corrected chi connectivity index (χ0v) is 12.2. The van der Waals surface area contributed by atoms with E-state index in [2.05, 4.69) is 10.3 Å². The SMILES string of the molecule is CCOCCCNC(=O)c1[nH]c2c(c1C)C(=O)CCC2. The number of aromatic amines is 1. The van der Waals surface area contributed by atoms with Gasteiger partial charge in [0.25, 0.3) is 5.91 Å². The Morgan fingerprint density at radius 2 is 2.20 bits per heavy atom. The normalized spacial score (nSPS) is 14.2. The molecule has 1 aromatic rings. The highest BCUT2D eigenvalue weighted by molar-refractivity contribution is 6.04. The van der Waals surface area contributed by atoms with Crippen molar-refractivity contribution in [2.45, 2.75) is 39.5 Å². The fraction of sp³-hybridized carbons (Fsp3) is 0.600. The number of carbonyl (C=O) groups is 2. The average molecular weight is 278 g/mol. The molecule has 2 N–H and O–H groups in total. The lowest BCUT2D eigenvalue weighted by atomic mass is 9.94. The predicted octanol–water partition coefficient (Wildman–Crippen LogP) is 2.00. The van der Waals surface area contributed by atoms with Crippen LogP contribution in [-0.4, -0.2) is 36.4 Å². The Balaban J connectivity index is 1.99. The fourth-order valence-corrected chi connectivity index (χ4v) is 2.61. The Morgan fingerprint density at radius 1 is 1.40 bits per heavy atom. The molecule has 0 aromatic carbocycles. The summed E-state index contributed by atoms with van der Waals surface area (Å²) in [7, 11) is 0. The summed E-state index contributed by atoms with van der Waals surface area (Å²) < 4.78 is 5.22. The lowest BCUT2D eigenvalue weighted by Crippen LogP contribution is -2.26. The lowest BCUT2D eigenvalue weighted by Gasteiger charge is -2.09. The number of rotatable bonds is 6. The molecule has 0 aliphatic heterocycles. The molecule has 1 amide bonds. The molecule has 1 aliphatic rings. The van der Waals surface area contributed by atoms with Gasteiger partial charge in [0.2, 0.25) is 0 Å². The van der Waals surface area contributed by atoms with Crippen LogP contribution in [0.2, 0.25) is 0 Å². The van der Waals surface area contributed by atoms with Crippen LogP contribution in [0.25, 0.3) is 0 Å². The molecule has 20 heavy (non-hydrogen) atoms. The minimum atomic E-state index is -0.138. The Morgan fingerprint density at radius 3 is 2.90 bits per heavy atom. The van der Waals surface area contributed by atoms with E-state index in [4.69, 9.17) is 4.74 Å². The summed E-state index contributed by atoms with van der Waals surface area (Å²) in [6.07, 6.45) is 3.08. The molecular weight excluding hydrogens is 256 g/mol. The highest BCUT2D eigenvalue weighted by atomic mass is 16.5. The number of aromatic nitrogens is 1. The number of H-pyrrole nitrogens is 1. The maximum atomic E-state index is 12.1. The third-order valence-corrected chi connectivity index (χ3v) is 3.62. The Kier molecular flexibility index (Phi) is 4.95. The predicted molar refractivity (Wildman–Crippen MR) is 76.2 cm³/mol. The van der Waals surface area contributed by atoms with Crippen molar-refractivity contribution < 1.29 is 14.3 Å². The van der Waals surface area contributed by atoms with Crippen LogP contribution < -0.4 is 5.32 Å². The number of ketones is 1. The molecule has 0 bridgehead atoms. The van der Waals surface area contributed by atoms with Crippen LogP contribution in [0.3, 0.4) is 0 Å². The van der Waals surface area contributed by atoms with Crippen LogP contribution in [0.4, 0.5) is 0 Å². The van der Waals surface area contributed by atoms with E-state index in [1.165, 1.54) is 0 Å². The summed E-state index contributed by atoms with van der Waals surface area (Å²) in [5.41, 5.74) is 2.96. The number of fused-ring (bicyclic) bond motifs is 1. The van der Waals surface area contributed by atoms with Crippen molar-refractivity contribution in [3.63, 3.8) is 0 Å². The first-order valence-electron chi connectivity index (χ1n) is 7.25. The first kappa shape index (κ1) is 14.8. The third-order valence-electron chi connectivity index (χ3n) is 3.62. The maximum Gasteiger partial charge on any atom is 0.268 e. The van der Waals surface area contributed by atoms with E-state index < -0.39 is 0 Å². The first-order valence-corrected chi connectivity index (χ1v) is 7.25. The number of amides is 1. The van der Waals surface area contributed by atoms with E-state index in [-0.39, 0.29) is 11.7 Å². The molecule has 5 nitrogen and oxygen atoms in total. The van der Waals surface area contributed by atoms with E-state index in [0.717, 1.165) is 36.1 Å². The van der Waals surface area contributed by atoms with E-state index in [9.17, 15) is 9.59 Å². The van der Waals surface area contributed by atoms with Gasteiger partial charge in [0, 0.05) is 37.4 Å². The smallest absolute Gasteiger partial charge is 0.268 e. The van der Waals surface area contributed by atoms with Crippen LogP contribution in [0.15, 0.2) is 0 Å². The number of nitrogens with one attached hydrogen (secondary N) is 2. The number of aryl methyl sites for hydroxylation is 1. The Hall–Kier alpha value is -1.62. The van der Waals surface area contributed by atoms with Crippen LogP contribution in [0.5, 0.6) is 0 Å². The van der Waals surface area contributed by atoms with Gasteiger partial charge < -0.3 is 15.0 Å². The molecule has 1 heterocycles. The Labute approximate surface area is 119 Å². The first-order chi connectivity index (χ1) is 9.65. The topological polar surface area (TPSA) is 71.2 Å². The number of hydrogen-bond acceptors (Lipinski definition) is 3. The quantitative estimate of drug-likeness (QED) is 0.782. The van der Waals surface area contributed by atoms with E-state index >= 15 is 0 Å². The molecular formula is C15H22N2O3. The summed E-state index contributed by atoms with van der Waals surface area (Å²) in [6.45, 7) is 5.71. The summed E-state index contributed by atoms with van der Waals surface area (Å²) >= 11 is 0. The largest absolute Gasteiger partial charge is 0.382 e. The molecule has 0 radical (unpaired) electrons. The van der Waals surface area contributed by atoms with Gasteiger partial charge in [-0.15, -0.1) is 0 Å². The van der Waals surface area contributed by atoms with E-state index in [1.807, 2.05) is 13.8 Å². The highest BCUT2D eigenvalue weighted by Crippen LogP contribution is 2.26. The molecule has 2 rings (SSSR count). The Bertz CT molecular complexity index is 505. The minimum absolute atomic E-state index is 0.138. The lowest BCUT2D eigenvalue weighted by molar-refractivity contribution is 0.0938. The van der Waals surface area contributed by atoms with Gasteiger partial charge in [0.15, 0.2) is 5.78 Å². The second-order valence-corrected chi connectivity index (χ2v) is 5.06. The van der Waals surface area contributed by atoms with Crippen molar-refractivity contribution in [1.82, 2.24) is 10.3 Å². The van der Waals surface area contributed by atoms with Gasteiger partial charge in [-0.2, -0.15) is 0 Å². The molecule has 0 saturated heterocycles. The second kappa shape index (κ2) is 6.70. The maximum absolute atomic E-state index is 12.1. The van der Waals surface area contributed by atoms with E-state index in [0.29, 0.717) is 31.9 Å². The standard InChI is InChI=1S/C15H22N2O3/c1-3-20-9-5-8-16-15(19)14-10(2)13-11(17-14)6-4-7-12(13)18/h17H,3-9H2,1-2H3,(H,16,19). The fourth-order valence-electron chi connectivity index (χ4n) is 2.61. The third kappa shape index (κ3) is 3.10. The summed E-state index contributed by atoms with van der Waals surface area (Å²) in [5, 5.41) is 2.86. The molecule has 0 spiro atoms. The molecule has 1 aliphatic carbocycles. The monoisotopic (exact) mass is 278 g/mol. The molecule has 110 valence electrons. The van der Waals surface area contributed by atoms with Crippen molar-refractivity contribution in [2.75, 3.05) is 19.8 Å². The zero-order valence-electron chi connectivity index (χ0n) is 12.2. The van der Waals surface area contributed by atoms with Crippen molar-refractivity contribution in [1.29, 1.82) is 0 Å². The van der Waals surface area contributed by atoms with Crippen molar-refractivity contribution in [3.05, 3.63) is 22.5 Å². The molecule has 0 fully saturated rings. The number of hydrogen-bond donors (Lipinski definition) is 2. The molecule has 0 atom stereocenters. The number of Topliss-reactive ketones (excluding diaryl/α,β-unsaturated/α-hetero) is 1.